The van der Waals surface area contributed by atoms with Crippen LogP contribution in [0.2, 0.25) is 0 Å². The first-order valence-electron chi connectivity index (χ1n) is 5.97. The number of nitrogens with zero attached hydrogens (tertiary/aromatic N) is 1. The minimum absolute atomic E-state index is 0.0290. The Morgan fingerprint density at radius 3 is 2.70 bits per heavy atom. The van der Waals surface area contributed by atoms with Crippen molar-refractivity contribution in [1.29, 1.82) is 5.26 Å². The van der Waals surface area contributed by atoms with Crippen LogP contribution in [0.25, 0.3) is 6.08 Å². The first-order valence-corrected chi connectivity index (χ1v) is 6.77. The van der Waals surface area contributed by atoms with Gasteiger partial charge in [-0.2, -0.15) is 5.26 Å². The first-order chi connectivity index (χ1) is 9.53. The second kappa shape index (κ2) is 7.56. The molecule has 0 atom stereocenters. The van der Waals surface area contributed by atoms with Crippen LogP contribution < -0.4 is 4.74 Å². The van der Waals surface area contributed by atoms with Crippen LogP contribution in [0.5, 0.6) is 11.5 Å². The van der Waals surface area contributed by atoms with Gasteiger partial charge in [0.05, 0.1) is 17.7 Å². The van der Waals surface area contributed by atoms with Gasteiger partial charge < -0.3 is 14.6 Å². The van der Waals surface area contributed by atoms with Crippen molar-refractivity contribution in [3.05, 3.63) is 27.7 Å². The molecule has 0 aromatic heterocycles. The molecule has 0 saturated carbocycles. The van der Waals surface area contributed by atoms with Crippen LogP contribution in [0.1, 0.15) is 19.4 Å². The molecular weight excluding hydrogens is 326 g/mol. The van der Waals surface area contributed by atoms with E-state index in [0.717, 1.165) is 0 Å². The number of carbonyl (C=O) groups is 1. The second-order valence-electron chi connectivity index (χ2n) is 3.67. The number of phenolic OH excluding ortho intramolecular Hbond substituents is 1. The van der Waals surface area contributed by atoms with E-state index < -0.39 is 5.97 Å². The molecule has 5 nitrogen and oxygen atoms in total. The summed E-state index contributed by atoms with van der Waals surface area (Å²) < 4.78 is 10.5. The molecule has 0 aliphatic heterocycles. The summed E-state index contributed by atoms with van der Waals surface area (Å²) in [5, 5.41) is 18.8. The SMILES string of the molecule is CCOC(=O)C(C#N)=Cc1cc(Br)c(O)c(OCC)c1. The summed E-state index contributed by atoms with van der Waals surface area (Å²) in [6.45, 7) is 4.03. The van der Waals surface area contributed by atoms with E-state index in [2.05, 4.69) is 15.9 Å². The van der Waals surface area contributed by atoms with Crippen molar-refractivity contribution in [2.24, 2.45) is 0 Å². The highest BCUT2D eigenvalue weighted by atomic mass is 79.9. The molecule has 106 valence electrons. The number of hydrogen-bond donors (Lipinski definition) is 1. The topological polar surface area (TPSA) is 79.6 Å². The smallest absolute Gasteiger partial charge is 0.348 e. The lowest BCUT2D eigenvalue weighted by molar-refractivity contribution is -0.137. The van der Waals surface area contributed by atoms with E-state index in [1.54, 1.807) is 32.0 Å². The number of carbonyl (C=O) groups excluding carboxylic acids is 1. The highest BCUT2D eigenvalue weighted by molar-refractivity contribution is 9.10. The standard InChI is InChI=1S/C14H14BrNO4/c1-3-19-12-7-9(6-11(15)13(12)17)5-10(8-16)14(18)20-4-2/h5-7,17H,3-4H2,1-2H3. The fourth-order valence-electron chi connectivity index (χ4n) is 1.45. The molecular formula is C14H14BrNO4. The predicted octanol–water partition coefficient (Wildman–Crippen LogP) is 3.02. The summed E-state index contributed by atoms with van der Waals surface area (Å²) in [7, 11) is 0. The summed E-state index contributed by atoms with van der Waals surface area (Å²) in [6, 6.07) is 4.91. The van der Waals surface area contributed by atoms with E-state index in [1.165, 1.54) is 6.08 Å². The van der Waals surface area contributed by atoms with Gasteiger partial charge in [-0.3, -0.25) is 0 Å². The Morgan fingerprint density at radius 2 is 2.15 bits per heavy atom. The number of benzene rings is 1. The average Bonchev–Trinajstić information content (AvgIpc) is 2.42. The van der Waals surface area contributed by atoms with E-state index in [0.29, 0.717) is 16.6 Å². The lowest BCUT2D eigenvalue weighted by atomic mass is 10.1. The van der Waals surface area contributed by atoms with E-state index in [1.807, 2.05) is 0 Å². The molecule has 0 aliphatic carbocycles. The fraction of sp³-hybridized carbons (Fsp3) is 0.286. The van der Waals surface area contributed by atoms with Gasteiger partial charge in [0.2, 0.25) is 0 Å². The molecule has 0 fully saturated rings. The zero-order chi connectivity index (χ0) is 15.1. The molecule has 1 aromatic carbocycles. The van der Waals surface area contributed by atoms with Crippen molar-refractivity contribution in [2.45, 2.75) is 13.8 Å². The normalized spacial score (nSPS) is 10.8. The van der Waals surface area contributed by atoms with Gasteiger partial charge in [-0.1, -0.05) is 0 Å². The average molecular weight is 340 g/mol. The maximum absolute atomic E-state index is 11.5. The van der Waals surface area contributed by atoms with Gasteiger partial charge in [-0.15, -0.1) is 0 Å². The number of phenols is 1. The molecule has 1 aromatic rings. The van der Waals surface area contributed by atoms with Crippen molar-refractivity contribution in [2.75, 3.05) is 13.2 Å². The van der Waals surface area contributed by atoms with Gasteiger partial charge >= 0.3 is 5.97 Å². The quantitative estimate of drug-likeness (QED) is 0.506. The monoisotopic (exact) mass is 339 g/mol. The third kappa shape index (κ3) is 4.00. The van der Waals surface area contributed by atoms with Crippen molar-refractivity contribution in [1.82, 2.24) is 0 Å². The van der Waals surface area contributed by atoms with Crippen molar-refractivity contribution in [3.63, 3.8) is 0 Å². The highest BCUT2D eigenvalue weighted by Crippen LogP contribution is 2.36. The molecule has 1 rings (SSSR count). The van der Waals surface area contributed by atoms with Crippen LogP contribution in [0, 0.1) is 11.3 Å². The van der Waals surface area contributed by atoms with Gasteiger partial charge in [0.15, 0.2) is 11.5 Å². The number of nitriles is 1. The van der Waals surface area contributed by atoms with Crippen molar-refractivity contribution < 1.29 is 19.4 Å². The van der Waals surface area contributed by atoms with E-state index >= 15 is 0 Å². The summed E-state index contributed by atoms with van der Waals surface area (Å²) in [6.07, 6.45) is 1.38. The molecule has 1 N–H and O–H groups in total. The minimum atomic E-state index is -0.683. The Balaban J connectivity index is 3.19. The third-order valence-corrected chi connectivity index (χ3v) is 2.88. The van der Waals surface area contributed by atoms with Gasteiger partial charge in [-0.05, 0) is 53.5 Å². The Morgan fingerprint density at radius 1 is 1.45 bits per heavy atom. The molecule has 0 amide bonds. The van der Waals surface area contributed by atoms with Crippen LogP contribution in [-0.4, -0.2) is 24.3 Å². The van der Waals surface area contributed by atoms with Gasteiger partial charge in [0.1, 0.15) is 11.6 Å². The zero-order valence-corrected chi connectivity index (χ0v) is 12.7. The summed E-state index contributed by atoms with van der Waals surface area (Å²) in [5.41, 5.74) is 0.426. The van der Waals surface area contributed by atoms with Crippen molar-refractivity contribution >= 4 is 28.0 Å². The van der Waals surface area contributed by atoms with Crippen LogP contribution >= 0.6 is 15.9 Å². The van der Waals surface area contributed by atoms with Gasteiger partial charge in [-0.25, -0.2) is 4.79 Å². The molecule has 0 heterocycles. The molecule has 20 heavy (non-hydrogen) atoms. The zero-order valence-electron chi connectivity index (χ0n) is 11.1. The maximum atomic E-state index is 11.5. The largest absolute Gasteiger partial charge is 0.503 e. The first kappa shape index (κ1) is 16.1. The van der Waals surface area contributed by atoms with E-state index in [9.17, 15) is 9.90 Å². The van der Waals surface area contributed by atoms with Crippen LogP contribution in [0.4, 0.5) is 0 Å². The Bertz CT molecular complexity index is 575. The van der Waals surface area contributed by atoms with Crippen molar-refractivity contribution in [3.8, 4) is 17.6 Å². The van der Waals surface area contributed by atoms with Crippen LogP contribution in [0.3, 0.4) is 0 Å². The molecule has 0 saturated heterocycles. The number of hydrogen-bond acceptors (Lipinski definition) is 5. The van der Waals surface area contributed by atoms with Gasteiger partial charge in [0.25, 0.3) is 0 Å². The lowest BCUT2D eigenvalue weighted by Gasteiger charge is -2.09. The Labute approximate surface area is 125 Å². The maximum Gasteiger partial charge on any atom is 0.348 e. The molecule has 6 heteroatoms. The fourth-order valence-corrected chi connectivity index (χ4v) is 1.91. The summed E-state index contributed by atoms with van der Waals surface area (Å²) in [4.78, 5) is 11.5. The molecule has 0 spiro atoms. The summed E-state index contributed by atoms with van der Waals surface area (Å²) >= 11 is 3.19. The number of halogens is 1. The number of aromatic hydroxyl groups is 1. The molecule has 0 aliphatic rings. The number of rotatable bonds is 5. The Kier molecular flexibility index (Phi) is 6.07. The van der Waals surface area contributed by atoms with Gasteiger partial charge in [0, 0.05) is 0 Å². The molecule has 0 unspecified atom stereocenters. The number of ether oxygens (including phenoxy) is 2. The van der Waals surface area contributed by atoms with Crippen LogP contribution in [-0.2, 0) is 9.53 Å². The number of esters is 1. The third-order valence-electron chi connectivity index (χ3n) is 2.28. The lowest BCUT2D eigenvalue weighted by Crippen LogP contribution is -2.06. The second-order valence-corrected chi connectivity index (χ2v) is 4.53. The molecule has 0 radical (unpaired) electrons. The van der Waals surface area contributed by atoms with Crippen LogP contribution in [0.15, 0.2) is 22.2 Å². The molecule has 0 bridgehead atoms. The van der Waals surface area contributed by atoms with E-state index in [-0.39, 0.29) is 23.7 Å². The Hall–Kier alpha value is -2.00. The summed E-state index contributed by atoms with van der Waals surface area (Å²) in [5.74, 6) is -0.440. The highest BCUT2D eigenvalue weighted by Gasteiger charge is 2.12. The predicted molar refractivity (Wildman–Crippen MR) is 77.2 cm³/mol. The van der Waals surface area contributed by atoms with E-state index in [4.69, 9.17) is 14.7 Å². The minimum Gasteiger partial charge on any atom is -0.503 e.